The number of benzene rings is 1. The van der Waals surface area contributed by atoms with Crippen LogP contribution in [0.3, 0.4) is 0 Å². The SMILES string of the molecule is CC[C@@H](C)N(CC(=O)Nc1nc(C)c(C)s1)C(=O)c1ccc(C(C)(C)C)cc1. The van der Waals surface area contributed by atoms with Crippen LogP contribution in [0.4, 0.5) is 5.13 Å². The van der Waals surface area contributed by atoms with Gasteiger partial charge >= 0.3 is 0 Å². The Hall–Kier alpha value is -2.21. The number of aromatic nitrogens is 1. The summed E-state index contributed by atoms with van der Waals surface area (Å²) in [6.07, 6.45) is 0.772. The molecule has 0 aliphatic rings. The van der Waals surface area contributed by atoms with Crippen molar-refractivity contribution >= 4 is 28.3 Å². The predicted octanol–water partition coefficient (Wildman–Crippen LogP) is 4.94. The van der Waals surface area contributed by atoms with Crippen LogP contribution in [0.1, 0.15) is 67.5 Å². The maximum Gasteiger partial charge on any atom is 0.254 e. The molecule has 0 saturated carbocycles. The van der Waals surface area contributed by atoms with Gasteiger partial charge in [0.2, 0.25) is 5.91 Å². The first-order chi connectivity index (χ1) is 13.0. The lowest BCUT2D eigenvalue weighted by Gasteiger charge is -2.28. The molecule has 0 unspecified atom stereocenters. The number of hydrogen-bond acceptors (Lipinski definition) is 4. The van der Waals surface area contributed by atoms with Gasteiger partial charge in [-0.2, -0.15) is 0 Å². The molecule has 1 aromatic heterocycles. The average molecular weight is 402 g/mol. The Morgan fingerprint density at radius 2 is 1.79 bits per heavy atom. The van der Waals surface area contributed by atoms with Gasteiger partial charge < -0.3 is 10.2 Å². The van der Waals surface area contributed by atoms with Crippen LogP contribution in [-0.4, -0.2) is 34.3 Å². The number of hydrogen-bond donors (Lipinski definition) is 1. The molecular weight excluding hydrogens is 370 g/mol. The number of carbonyl (C=O) groups is 2. The van der Waals surface area contributed by atoms with Gasteiger partial charge in [-0.3, -0.25) is 9.59 Å². The standard InChI is InChI=1S/C22H31N3O2S/c1-8-14(2)25(13-19(26)24-21-23-15(3)16(4)28-21)20(27)17-9-11-18(12-10-17)22(5,6)7/h9-12,14H,8,13H2,1-7H3,(H,23,24,26)/t14-/m1/s1. The minimum absolute atomic E-state index is 0.00649. The van der Waals surface area contributed by atoms with Gasteiger partial charge in [0.15, 0.2) is 5.13 Å². The normalized spacial score (nSPS) is 12.5. The third-order valence-electron chi connectivity index (χ3n) is 4.97. The minimum atomic E-state index is -0.228. The molecule has 28 heavy (non-hydrogen) atoms. The molecule has 2 aromatic rings. The molecule has 2 amide bonds. The molecule has 152 valence electrons. The molecule has 0 aliphatic heterocycles. The quantitative estimate of drug-likeness (QED) is 0.746. The van der Waals surface area contributed by atoms with E-state index in [-0.39, 0.29) is 29.8 Å². The number of nitrogens with one attached hydrogen (secondary N) is 1. The summed E-state index contributed by atoms with van der Waals surface area (Å²) in [5.74, 6) is -0.356. The summed E-state index contributed by atoms with van der Waals surface area (Å²) >= 11 is 1.45. The third kappa shape index (κ3) is 5.41. The lowest BCUT2D eigenvalue weighted by Crippen LogP contribution is -2.43. The molecule has 5 nitrogen and oxygen atoms in total. The topological polar surface area (TPSA) is 62.3 Å². The van der Waals surface area contributed by atoms with E-state index in [9.17, 15) is 9.59 Å². The van der Waals surface area contributed by atoms with Gasteiger partial charge in [-0.1, -0.05) is 39.8 Å². The number of thiazole rings is 1. The zero-order valence-corrected chi connectivity index (χ0v) is 18.7. The van der Waals surface area contributed by atoms with Gasteiger partial charge in [0, 0.05) is 16.5 Å². The molecule has 0 bridgehead atoms. The fourth-order valence-electron chi connectivity index (χ4n) is 2.77. The highest BCUT2D eigenvalue weighted by Crippen LogP contribution is 2.23. The zero-order chi connectivity index (χ0) is 21.1. The van der Waals surface area contributed by atoms with E-state index in [1.54, 1.807) is 4.90 Å². The van der Waals surface area contributed by atoms with E-state index >= 15 is 0 Å². The third-order valence-corrected chi connectivity index (χ3v) is 5.96. The smallest absolute Gasteiger partial charge is 0.254 e. The van der Waals surface area contributed by atoms with Gasteiger partial charge in [-0.05, 0) is 50.3 Å². The average Bonchev–Trinajstić information content (AvgIpc) is 2.95. The molecule has 2 rings (SSSR count). The first-order valence-corrected chi connectivity index (χ1v) is 10.5. The van der Waals surface area contributed by atoms with Gasteiger partial charge in [-0.15, -0.1) is 11.3 Å². The Morgan fingerprint density at radius 3 is 2.25 bits per heavy atom. The molecule has 1 heterocycles. The Kier molecular flexibility index (Phi) is 6.99. The largest absolute Gasteiger partial charge is 0.327 e. The number of anilines is 1. The van der Waals surface area contributed by atoms with Crippen LogP contribution in [0.5, 0.6) is 0 Å². The van der Waals surface area contributed by atoms with Crippen LogP contribution in [0.15, 0.2) is 24.3 Å². The van der Waals surface area contributed by atoms with E-state index in [0.717, 1.165) is 17.0 Å². The Morgan fingerprint density at radius 1 is 1.18 bits per heavy atom. The number of nitrogens with zero attached hydrogens (tertiary/aromatic N) is 2. The molecule has 0 saturated heterocycles. The Bertz CT molecular complexity index is 815. The van der Waals surface area contributed by atoms with E-state index in [2.05, 4.69) is 31.1 Å². The lowest BCUT2D eigenvalue weighted by atomic mass is 9.86. The van der Waals surface area contributed by atoms with Crippen LogP contribution < -0.4 is 5.32 Å². The molecule has 1 atom stereocenters. The summed E-state index contributed by atoms with van der Waals surface area (Å²) in [6.45, 7) is 14.3. The summed E-state index contributed by atoms with van der Waals surface area (Å²) in [5, 5.41) is 3.40. The summed E-state index contributed by atoms with van der Waals surface area (Å²) in [6, 6.07) is 7.64. The summed E-state index contributed by atoms with van der Waals surface area (Å²) in [5.41, 5.74) is 2.71. The summed E-state index contributed by atoms with van der Waals surface area (Å²) in [4.78, 5) is 32.7. The fourth-order valence-corrected chi connectivity index (χ4v) is 3.60. The van der Waals surface area contributed by atoms with Crippen molar-refractivity contribution in [3.63, 3.8) is 0 Å². The van der Waals surface area contributed by atoms with E-state index in [1.165, 1.54) is 16.9 Å². The number of rotatable bonds is 6. The second-order valence-electron chi connectivity index (χ2n) is 8.23. The van der Waals surface area contributed by atoms with Crippen LogP contribution in [0.25, 0.3) is 0 Å². The van der Waals surface area contributed by atoms with E-state index < -0.39 is 0 Å². The van der Waals surface area contributed by atoms with Crippen LogP contribution >= 0.6 is 11.3 Å². The molecular formula is C22H31N3O2S. The minimum Gasteiger partial charge on any atom is -0.327 e. The molecule has 6 heteroatoms. The first-order valence-electron chi connectivity index (χ1n) is 9.68. The maximum atomic E-state index is 13.1. The van der Waals surface area contributed by atoms with Crippen LogP contribution in [0, 0.1) is 13.8 Å². The van der Waals surface area contributed by atoms with Crippen molar-refractivity contribution in [3.8, 4) is 0 Å². The van der Waals surface area contributed by atoms with E-state index in [0.29, 0.717) is 10.7 Å². The van der Waals surface area contributed by atoms with E-state index in [4.69, 9.17) is 0 Å². The molecule has 0 aliphatic carbocycles. The molecule has 0 spiro atoms. The van der Waals surface area contributed by atoms with Gasteiger partial charge in [-0.25, -0.2) is 4.98 Å². The maximum absolute atomic E-state index is 13.1. The van der Waals surface area contributed by atoms with Crippen molar-refractivity contribution < 1.29 is 9.59 Å². The highest BCUT2D eigenvalue weighted by Gasteiger charge is 2.24. The monoisotopic (exact) mass is 401 g/mol. The van der Waals surface area contributed by atoms with Crippen molar-refractivity contribution in [1.82, 2.24) is 9.88 Å². The summed E-state index contributed by atoms with van der Waals surface area (Å²) in [7, 11) is 0. The number of amides is 2. The highest BCUT2D eigenvalue weighted by molar-refractivity contribution is 7.15. The zero-order valence-electron chi connectivity index (χ0n) is 17.9. The van der Waals surface area contributed by atoms with Gasteiger partial charge in [0.1, 0.15) is 6.54 Å². The van der Waals surface area contributed by atoms with Crippen molar-refractivity contribution in [1.29, 1.82) is 0 Å². The second kappa shape index (κ2) is 8.86. The first kappa shape index (κ1) is 22.1. The van der Waals surface area contributed by atoms with Crippen LogP contribution in [-0.2, 0) is 10.2 Å². The second-order valence-corrected chi connectivity index (χ2v) is 9.43. The van der Waals surface area contributed by atoms with Crippen molar-refractivity contribution in [3.05, 3.63) is 46.0 Å². The molecule has 1 aromatic carbocycles. The fraction of sp³-hybridized carbons (Fsp3) is 0.500. The Labute approximate surface area is 172 Å². The molecule has 1 N–H and O–H groups in total. The van der Waals surface area contributed by atoms with Crippen LogP contribution in [0.2, 0.25) is 0 Å². The lowest BCUT2D eigenvalue weighted by molar-refractivity contribution is -0.117. The van der Waals surface area contributed by atoms with Crippen molar-refractivity contribution in [2.24, 2.45) is 0 Å². The highest BCUT2D eigenvalue weighted by atomic mass is 32.1. The van der Waals surface area contributed by atoms with Crippen molar-refractivity contribution in [2.45, 2.75) is 66.3 Å². The van der Waals surface area contributed by atoms with Gasteiger partial charge in [0.05, 0.1) is 5.69 Å². The van der Waals surface area contributed by atoms with Crippen molar-refractivity contribution in [2.75, 3.05) is 11.9 Å². The summed E-state index contributed by atoms with van der Waals surface area (Å²) < 4.78 is 0. The number of aryl methyl sites for hydroxylation is 2. The van der Waals surface area contributed by atoms with E-state index in [1.807, 2.05) is 52.0 Å². The molecule has 0 fully saturated rings. The predicted molar refractivity (Wildman–Crippen MR) is 116 cm³/mol. The molecule has 0 radical (unpaired) electrons. The number of carbonyl (C=O) groups excluding carboxylic acids is 2. The Balaban J connectivity index is 2.15. The van der Waals surface area contributed by atoms with Gasteiger partial charge in [0.25, 0.3) is 5.91 Å².